The van der Waals surface area contributed by atoms with Crippen LogP contribution in [0.15, 0.2) is 0 Å². The molecule has 0 aromatic heterocycles. The maximum atomic E-state index is 9.37. The molecule has 9 heavy (non-hydrogen) atoms. The van der Waals surface area contributed by atoms with Crippen LogP contribution in [-0.4, -0.2) is 31.4 Å². The minimum Gasteiger partial charge on any atom is -0.412 e. The Labute approximate surface area is 50.5 Å². The summed E-state index contributed by atoms with van der Waals surface area (Å²) >= 11 is 0. The molecule has 7 nitrogen and oxygen atoms in total. The maximum absolute atomic E-state index is 9.37. The highest BCUT2D eigenvalue weighted by Gasteiger charge is 2.22. The van der Waals surface area contributed by atoms with Gasteiger partial charge in [0.05, 0.1) is 0 Å². The second kappa shape index (κ2) is 2.58. The lowest BCUT2D eigenvalue weighted by Gasteiger charge is -1.84. The van der Waals surface area contributed by atoms with Crippen molar-refractivity contribution in [3.63, 3.8) is 0 Å². The van der Waals surface area contributed by atoms with Crippen molar-refractivity contribution in [2.75, 3.05) is 0 Å². The summed E-state index contributed by atoms with van der Waals surface area (Å²) in [5, 5.41) is 0. The summed E-state index contributed by atoms with van der Waals surface area (Å²) in [6.45, 7) is 0. The second-order valence-electron chi connectivity index (χ2n) is 0.855. The zero-order chi connectivity index (χ0) is 7.00. The van der Waals surface area contributed by atoms with Crippen molar-refractivity contribution >= 4 is 18.3 Å². The van der Waals surface area contributed by atoms with Gasteiger partial charge in [0.15, 0.2) is 0 Å². The van der Waals surface area contributed by atoms with Crippen molar-refractivity contribution in [1.29, 1.82) is 0 Å². The van der Waals surface area contributed by atoms with Crippen molar-refractivity contribution in [1.82, 2.24) is 0 Å². The number of hydrogen-bond donors (Lipinski definition) is 2. The van der Waals surface area contributed by atoms with Crippen molar-refractivity contribution < 1.29 is 31.4 Å². The van der Waals surface area contributed by atoms with Gasteiger partial charge in [-0.1, -0.05) is 0 Å². The first-order chi connectivity index (χ1) is 3.25. The highest BCUT2D eigenvalue weighted by molar-refractivity contribution is 8.62. The quantitative estimate of drug-likeness (QED) is 0.348. The molecule has 0 spiro atoms. The molecule has 0 fully saturated rings. The second-order valence-corrected chi connectivity index (χ2v) is 5.09. The lowest BCUT2D eigenvalue weighted by Crippen LogP contribution is -2.11. The molecule has 4 N–H and O–H groups in total. The van der Waals surface area contributed by atoms with Crippen molar-refractivity contribution in [2.24, 2.45) is 0 Å². The Morgan fingerprint density at radius 2 is 0.889 bits per heavy atom. The van der Waals surface area contributed by atoms with Gasteiger partial charge in [-0.3, -0.25) is 9.11 Å². The Bertz CT molecular complexity index is 219. The van der Waals surface area contributed by atoms with Crippen LogP contribution in [0.2, 0.25) is 0 Å². The van der Waals surface area contributed by atoms with Crippen LogP contribution in [0, 0.1) is 0 Å². The van der Waals surface area contributed by atoms with Gasteiger partial charge in [-0.2, -0.15) is 16.8 Å². The summed E-state index contributed by atoms with van der Waals surface area (Å²) in [5.74, 6) is 0. The van der Waals surface area contributed by atoms with Gasteiger partial charge in [-0.05, 0) is 0 Å². The molecule has 0 aliphatic rings. The lowest BCUT2D eigenvalue weighted by atomic mass is 15.9. The van der Waals surface area contributed by atoms with Crippen LogP contribution >= 0.6 is 0 Å². The Hall–Kier alpha value is -0.220. The molecule has 0 saturated carbocycles. The maximum Gasteiger partial charge on any atom is 0.397 e. The van der Waals surface area contributed by atoms with Gasteiger partial charge in [0.1, 0.15) is 0 Å². The smallest absolute Gasteiger partial charge is 0.397 e. The molecule has 0 rings (SSSR count). The van der Waals surface area contributed by atoms with Gasteiger partial charge in [0.2, 0.25) is 0 Å². The summed E-state index contributed by atoms with van der Waals surface area (Å²) in [6.07, 6.45) is 0. The Morgan fingerprint density at radius 3 is 0.889 bits per heavy atom. The molecule has 0 radical (unpaired) electrons. The minimum atomic E-state index is -5.31. The molecule has 0 unspecified atom stereocenters. The van der Waals surface area contributed by atoms with E-state index in [2.05, 4.69) is 0 Å². The molecular formula is H4O7S2. The SMILES string of the molecule is O.O=S(=O)(O)S(=O)(=O)O. The first kappa shape index (κ1) is 11.6. The molecule has 9 heteroatoms. The van der Waals surface area contributed by atoms with Crippen LogP contribution in [0.5, 0.6) is 0 Å². The third kappa shape index (κ3) is 3.37. The van der Waals surface area contributed by atoms with Crippen LogP contribution in [0.25, 0.3) is 0 Å². The predicted octanol–water partition coefficient (Wildman–Crippen LogP) is -2.15. The predicted molar refractivity (Wildman–Crippen MR) is 26.7 cm³/mol. The van der Waals surface area contributed by atoms with Crippen LogP contribution < -0.4 is 0 Å². The minimum absolute atomic E-state index is 0. The van der Waals surface area contributed by atoms with Gasteiger partial charge < -0.3 is 5.48 Å². The van der Waals surface area contributed by atoms with Crippen molar-refractivity contribution in [3.8, 4) is 0 Å². The summed E-state index contributed by atoms with van der Waals surface area (Å²) < 4.78 is 52.5. The average molecular weight is 180 g/mol. The van der Waals surface area contributed by atoms with Crippen LogP contribution in [0.4, 0.5) is 0 Å². The molecule has 0 aliphatic heterocycles. The zero-order valence-electron chi connectivity index (χ0n) is 3.84. The largest absolute Gasteiger partial charge is 0.412 e. The van der Waals surface area contributed by atoms with E-state index in [9.17, 15) is 16.8 Å². The van der Waals surface area contributed by atoms with Gasteiger partial charge >= 0.3 is 18.3 Å². The van der Waals surface area contributed by atoms with Gasteiger partial charge in [-0.15, -0.1) is 0 Å². The van der Waals surface area contributed by atoms with Crippen molar-refractivity contribution in [3.05, 3.63) is 0 Å². The fourth-order valence-corrected chi connectivity index (χ4v) is 0. The zero-order valence-corrected chi connectivity index (χ0v) is 5.48. The standard InChI is InChI=1S/H2O6S2.H2O/c1-7(2,3)8(4,5)6;/h(H,1,2,3)(H,4,5,6);1H2. The summed E-state index contributed by atoms with van der Waals surface area (Å²) in [5.41, 5.74) is 0. The molecular weight excluding hydrogens is 176 g/mol. The van der Waals surface area contributed by atoms with Gasteiger partial charge in [0.25, 0.3) is 0 Å². The van der Waals surface area contributed by atoms with Crippen LogP contribution in [0.1, 0.15) is 0 Å². The molecule has 0 heterocycles. The highest BCUT2D eigenvalue weighted by atomic mass is 33.2. The molecule has 0 bridgehead atoms. The van der Waals surface area contributed by atoms with Gasteiger partial charge in [0, 0.05) is 0 Å². The average Bonchev–Trinajstić information content (AvgIpc) is 1.25. The van der Waals surface area contributed by atoms with Crippen molar-refractivity contribution in [2.45, 2.75) is 0 Å². The summed E-state index contributed by atoms with van der Waals surface area (Å²) in [4.78, 5) is 0. The molecule has 0 aromatic rings. The Kier molecular flexibility index (Phi) is 3.31. The van der Waals surface area contributed by atoms with E-state index in [1.54, 1.807) is 0 Å². The van der Waals surface area contributed by atoms with E-state index in [0.717, 1.165) is 0 Å². The third-order valence-corrected chi connectivity index (χ3v) is 2.40. The Morgan fingerprint density at radius 1 is 0.778 bits per heavy atom. The molecule has 58 valence electrons. The van der Waals surface area contributed by atoms with E-state index < -0.39 is 18.3 Å². The Balaban J connectivity index is 0. The summed E-state index contributed by atoms with van der Waals surface area (Å²) in [7, 11) is -10.6. The van der Waals surface area contributed by atoms with E-state index in [1.807, 2.05) is 0 Å². The summed E-state index contributed by atoms with van der Waals surface area (Å²) in [6, 6.07) is 0. The fraction of sp³-hybridized carbons (Fsp3) is 0. The fourth-order valence-electron chi connectivity index (χ4n) is 0. The van der Waals surface area contributed by atoms with E-state index in [4.69, 9.17) is 9.11 Å². The van der Waals surface area contributed by atoms with Gasteiger partial charge in [-0.25, -0.2) is 0 Å². The number of rotatable bonds is 1. The topological polar surface area (TPSA) is 140 Å². The van der Waals surface area contributed by atoms with E-state index >= 15 is 0 Å². The molecule has 0 atom stereocenters. The first-order valence-corrected chi connectivity index (χ1v) is 4.60. The number of hydrogen-bond acceptors (Lipinski definition) is 4. The molecule has 0 saturated heterocycles. The molecule has 0 amide bonds. The van der Waals surface area contributed by atoms with Crippen LogP contribution in [-0.2, 0) is 18.3 Å². The monoisotopic (exact) mass is 180 g/mol. The normalized spacial score (nSPS) is 12.2. The first-order valence-electron chi connectivity index (χ1n) is 1.20. The highest BCUT2D eigenvalue weighted by Crippen LogP contribution is 1.90. The molecule has 0 aliphatic carbocycles. The van der Waals surface area contributed by atoms with E-state index in [0.29, 0.717) is 0 Å². The molecule has 0 aromatic carbocycles. The lowest BCUT2D eigenvalue weighted by molar-refractivity contribution is 0.460. The third-order valence-electron chi connectivity index (χ3n) is 0.266. The van der Waals surface area contributed by atoms with E-state index in [-0.39, 0.29) is 5.48 Å². The van der Waals surface area contributed by atoms with Crippen LogP contribution in [0.3, 0.4) is 0 Å². The van der Waals surface area contributed by atoms with E-state index in [1.165, 1.54) is 0 Å².